The molecular weight excluding hydrogens is 324 g/mol. The number of hydrogen-bond acceptors (Lipinski definition) is 6. The van der Waals surface area contributed by atoms with Crippen molar-refractivity contribution in [2.75, 3.05) is 31.6 Å². The lowest BCUT2D eigenvalue weighted by Crippen LogP contribution is -2.59. The lowest BCUT2D eigenvalue weighted by molar-refractivity contribution is -0.125. The molecule has 8 heteroatoms. The summed E-state index contributed by atoms with van der Waals surface area (Å²) in [6.45, 7) is 5.92. The largest absolute Gasteiger partial charge is 0.465 e. The van der Waals surface area contributed by atoms with Crippen LogP contribution in [0.2, 0.25) is 0 Å². The molecule has 1 aromatic carbocycles. The first-order valence-corrected chi connectivity index (χ1v) is 8.13. The molecule has 0 saturated carbocycles. The van der Waals surface area contributed by atoms with Crippen LogP contribution < -0.4 is 16.0 Å². The van der Waals surface area contributed by atoms with E-state index in [0.29, 0.717) is 12.1 Å². The highest BCUT2D eigenvalue weighted by molar-refractivity contribution is 5.96. The number of anilines is 1. The van der Waals surface area contributed by atoms with Crippen LogP contribution in [0.1, 0.15) is 24.2 Å². The Labute approximate surface area is 146 Å². The summed E-state index contributed by atoms with van der Waals surface area (Å²) in [6.07, 6.45) is 0. The number of nitrogens with one attached hydrogen (secondary N) is 1. The van der Waals surface area contributed by atoms with Crippen LogP contribution in [0.5, 0.6) is 0 Å². The molecule has 0 aromatic heterocycles. The number of benzene rings is 1. The van der Waals surface area contributed by atoms with E-state index in [2.05, 4.69) is 10.2 Å². The number of piperazine rings is 1. The molecule has 0 spiro atoms. The fourth-order valence-corrected chi connectivity index (χ4v) is 3.08. The highest BCUT2D eigenvalue weighted by Gasteiger charge is 2.31. The molecule has 2 rings (SSSR count). The van der Waals surface area contributed by atoms with Gasteiger partial charge in [-0.1, -0.05) is 0 Å². The molecule has 2 atom stereocenters. The molecule has 0 aliphatic carbocycles. The van der Waals surface area contributed by atoms with Crippen molar-refractivity contribution in [1.82, 2.24) is 10.2 Å². The van der Waals surface area contributed by atoms with Crippen LogP contribution in [0.25, 0.3) is 0 Å². The Kier molecular flexibility index (Phi) is 5.97. The monoisotopic (exact) mass is 348 g/mol. The predicted molar refractivity (Wildman–Crippen MR) is 93.4 cm³/mol. The van der Waals surface area contributed by atoms with Gasteiger partial charge in [0.15, 0.2) is 0 Å². The Morgan fingerprint density at radius 2 is 1.88 bits per heavy atom. The van der Waals surface area contributed by atoms with Crippen molar-refractivity contribution in [1.29, 1.82) is 0 Å². The Morgan fingerprint density at radius 3 is 2.40 bits per heavy atom. The van der Waals surface area contributed by atoms with E-state index in [4.69, 9.17) is 10.5 Å². The smallest absolute Gasteiger partial charge is 0.337 e. The summed E-state index contributed by atoms with van der Waals surface area (Å²) in [6, 6.07) is 6.08. The Hall–Kier alpha value is -2.61. The van der Waals surface area contributed by atoms with E-state index in [9.17, 15) is 14.4 Å². The first-order valence-electron chi connectivity index (χ1n) is 8.13. The third kappa shape index (κ3) is 4.48. The van der Waals surface area contributed by atoms with Crippen molar-refractivity contribution in [3.8, 4) is 0 Å². The van der Waals surface area contributed by atoms with E-state index >= 15 is 0 Å². The van der Waals surface area contributed by atoms with E-state index < -0.39 is 18.0 Å². The average molecular weight is 348 g/mol. The van der Waals surface area contributed by atoms with Gasteiger partial charge in [-0.2, -0.15) is 0 Å². The quantitative estimate of drug-likeness (QED) is 0.771. The molecule has 0 bridgehead atoms. The second-order valence-corrected chi connectivity index (χ2v) is 6.10. The second-order valence-electron chi connectivity index (χ2n) is 6.10. The predicted octanol–water partition coefficient (Wildman–Crippen LogP) is 0.567. The standard InChI is InChI=1S/C17H24N4O4/c1-11-10-20(14-6-4-13(5-7-14)16(23)25-3)8-9-21(11)12(2)15(22)19-17(18)24/h4-7,11-12H,8-10H2,1-3H3,(H3,18,19,22,24)/t11-,12+/m0/s1. The molecule has 1 saturated heterocycles. The minimum Gasteiger partial charge on any atom is -0.465 e. The van der Waals surface area contributed by atoms with Crippen LogP contribution in [0.3, 0.4) is 0 Å². The molecule has 1 heterocycles. The molecule has 8 nitrogen and oxygen atoms in total. The number of hydrogen-bond donors (Lipinski definition) is 2. The number of carbonyl (C=O) groups is 3. The van der Waals surface area contributed by atoms with Gasteiger partial charge in [0.2, 0.25) is 5.91 Å². The topological polar surface area (TPSA) is 105 Å². The van der Waals surface area contributed by atoms with Gasteiger partial charge in [-0.25, -0.2) is 9.59 Å². The molecule has 3 amide bonds. The number of amides is 3. The molecule has 1 fully saturated rings. The number of imide groups is 1. The van der Waals surface area contributed by atoms with Crippen LogP contribution in [0, 0.1) is 0 Å². The van der Waals surface area contributed by atoms with E-state index in [1.807, 2.05) is 24.0 Å². The molecule has 25 heavy (non-hydrogen) atoms. The summed E-state index contributed by atoms with van der Waals surface area (Å²) in [5.74, 6) is -0.755. The highest BCUT2D eigenvalue weighted by atomic mass is 16.5. The zero-order valence-corrected chi connectivity index (χ0v) is 14.7. The van der Waals surface area contributed by atoms with Crippen LogP contribution in [0.15, 0.2) is 24.3 Å². The van der Waals surface area contributed by atoms with E-state index in [-0.39, 0.29) is 12.0 Å². The first kappa shape index (κ1) is 18.7. The van der Waals surface area contributed by atoms with Crippen molar-refractivity contribution in [2.45, 2.75) is 25.9 Å². The molecule has 136 valence electrons. The van der Waals surface area contributed by atoms with Crippen LogP contribution in [0.4, 0.5) is 10.5 Å². The molecule has 1 aromatic rings. The molecular formula is C17H24N4O4. The van der Waals surface area contributed by atoms with Gasteiger partial charge in [0, 0.05) is 31.4 Å². The molecule has 1 aliphatic heterocycles. The van der Waals surface area contributed by atoms with E-state index in [1.54, 1.807) is 19.1 Å². The lowest BCUT2D eigenvalue weighted by Gasteiger charge is -2.43. The maximum atomic E-state index is 12.0. The highest BCUT2D eigenvalue weighted by Crippen LogP contribution is 2.21. The van der Waals surface area contributed by atoms with Crippen LogP contribution in [-0.2, 0) is 9.53 Å². The maximum Gasteiger partial charge on any atom is 0.337 e. The summed E-state index contributed by atoms with van der Waals surface area (Å²) >= 11 is 0. The van der Waals surface area contributed by atoms with Crippen molar-refractivity contribution >= 4 is 23.6 Å². The van der Waals surface area contributed by atoms with Crippen LogP contribution in [-0.4, -0.2) is 61.6 Å². The minimum atomic E-state index is -0.839. The Morgan fingerprint density at radius 1 is 1.24 bits per heavy atom. The average Bonchev–Trinajstić information content (AvgIpc) is 2.60. The summed E-state index contributed by atoms with van der Waals surface area (Å²) in [7, 11) is 1.35. The summed E-state index contributed by atoms with van der Waals surface area (Å²) in [4.78, 5) is 38.5. The number of esters is 1. The first-order chi connectivity index (χ1) is 11.8. The van der Waals surface area contributed by atoms with Crippen molar-refractivity contribution in [3.63, 3.8) is 0 Å². The van der Waals surface area contributed by atoms with Crippen molar-refractivity contribution in [2.24, 2.45) is 5.73 Å². The van der Waals surface area contributed by atoms with Crippen molar-refractivity contribution < 1.29 is 19.1 Å². The van der Waals surface area contributed by atoms with Gasteiger partial charge < -0.3 is 15.4 Å². The van der Waals surface area contributed by atoms with Gasteiger partial charge in [0.25, 0.3) is 0 Å². The van der Waals surface area contributed by atoms with E-state index in [0.717, 1.165) is 18.8 Å². The summed E-state index contributed by atoms with van der Waals surface area (Å²) < 4.78 is 4.70. The number of nitrogens with zero attached hydrogens (tertiary/aromatic N) is 2. The van der Waals surface area contributed by atoms with Gasteiger partial charge in [0.05, 0.1) is 18.7 Å². The molecule has 3 N–H and O–H groups in total. The van der Waals surface area contributed by atoms with Crippen LogP contribution >= 0.6 is 0 Å². The number of primary amides is 1. The molecule has 0 unspecified atom stereocenters. The van der Waals surface area contributed by atoms with Gasteiger partial charge in [-0.15, -0.1) is 0 Å². The zero-order chi connectivity index (χ0) is 18.6. The van der Waals surface area contributed by atoms with Gasteiger partial charge >= 0.3 is 12.0 Å². The van der Waals surface area contributed by atoms with Gasteiger partial charge in [0.1, 0.15) is 0 Å². The fourth-order valence-electron chi connectivity index (χ4n) is 3.08. The number of urea groups is 1. The Bertz CT molecular complexity index is 647. The second kappa shape index (κ2) is 7.98. The normalized spacial score (nSPS) is 19.2. The Balaban J connectivity index is 2.00. The van der Waals surface area contributed by atoms with Gasteiger partial charge in [-0.05, 0) is 38.1 Å². The molecule has 0 radical (unpaired) electrons. The molecule has 1 aliphatic rings. The SMILES string of the molecule is COC(=O)c1ccc(N2CCN([C@H](C)C(=O)NC(N)=O)[C@@H](C)C2)cc1. The van der Waals surface area contributed by atoms with Crippen molar-refractivity contribution in [3.05, 3.63) is 29.8 Å². The summed E-state index contributed by atoms with van der Waals surface area (Å²) in [5.41, 5.74) is 6.52. The summed E-state index contributed by atoms with van der Waals surface area (Å²) in [5, 5.41) is 2.13. The number of nitrogens with two attached hydrogens (primary N) is 1. The number of rotatable bonds is 4. The van der Waals surface area contributed by atoms with Gasteiger partial charge in [-0.3, -0.25) is 15.0 Å². The maximum absolute atomic E-state index is 12.0. The third-order valence-electron chi connectivity index (χ3n) is 4.46. The fraction of sp³-hybridized carbons (Fsp3) is 0.471. The minimum absolute atomic E-state index is 0.114. The number of methoxy groups -OCH3 is 1. The van der Waals surface area contributed by atoms with E-state index in [1.165, 1.54) is 7.11 Å². The number of carbonyl (C=O) groups excluding carboxylic acids is 3. The zero-order valence-electron chi connectivity index (χ0n) is 14.7. The lowest BCUT2D eigenvalue weighted by atomic mass is 10.1. The third-order valence-corrected chi connectivity index (χ3v) is 4.46. The number of ether oxygens (including phenoxy) is 1.